The normalized spacial score (nSPS) is 17.9. The van der Waals surface area contributed by atoms with Crippen molar-refractivity contribution in [3.05, 3.63) is 53.0 Å². The second-order valence-electron chi connectivity index (χ2n) is 7.12. The fraction of sp³-hybridized carbons (Fsp3) is 0.400. The average Bonchev–Trinajstić information content (AvgIpc) is 3.17. The first-order chi connectivity index (χ1) is 12.8. The molecule has 0 amide bonds. The highest BCUT2D eigenvalue weighted by molar-refractivity contribution is 5.92. The van der Waals surface area contributed by atoms with Crippen molar-refractivity contribution in [3.63, 3.8) is 0 Å². The summed E-state index contributed by atoms with van der Waals surface area (Å²) in [6.07, 6.45) is -0.747. The van der Waals surface area contributed by atoms with Gasteiger partial charge in [-0.2, -0.15) is 18.3 Å². The van der Waals surface area contributed by atoms with E-state index in [4.69, 9.17) is 0 Å². The Kier molecular flexibility index (Phi) is 4.13. The topological polar surface area (TPSA) is 34.0 Å². The fourth-order valence-corrected chi connectivity index (χ4v) is 4.19. The highest BCUT2D eigenvalue weighted by atomic mass is 19.4. The molecule has 3 aromatic rings. The number of fused-ring (bicyclic) bond motifs is 1. The van der Waals surface area contributed by atoms with E-state index in [-0.39, 0.29) is 6.04 Å². The molecular formula is C20H21F3N4. The van der Waals surface area contributed by atoms with Gasteiger partial charge in [0.2, 0.25) is 0 Å². The second-order valence-corrected chi connectivity index (χ2v) is 7.12. The number of aryl methyl sites for hydroxylation is 2. The Morgan fingerprint density at radius 2 is 1.93 bits per heavy atom. The fourth-order valence-electron chi connectivity index (χ4n) is 4.19. The van der Waals surface area contributed by atoms with Crippen molar-refractivity contribution in [1.82, 2.24) is 14.8 Å². The Hall–Kier alpha value is -2.57. The van der Waals surface area contributed by atoms with Gasteiger partial charge >= 0.3 is 6.18 Å². The molecule has 1 aliphatic rings. The predicted molar refractivity (Wildman–Crippen MR) is 98.7 cm³/mol. The van der Waals surface area contributed by atoms with Crippen molar-refractivity contribution in [2.45, 2.75) is 38.9 Å². The van der Waals surface area contributed by atoms with Gasteiger partial charge in [-0.15, -0.1) is 0 Å². The zero-order valence-electron chi connectivity index (χ0n) is 15.5. The zero-order chi connectivity index (χ0) is 19.3. The minimum Gasteiger partial charge on any atom is -0.364 e. The molecule has 1 atom stereocenters. The summed E-state index contributed by atoms with van der Waals surface area (Å²) in [4.78, 5) is 6.47. The first kappa shape index (κ1) is 17.8. The van der Waals surface area contributed by atoms with Gasteiger partial charge in [-0.05, 0) is 44.9 Å². The van der Waals surface area contributed by atoms with Crippen LogP contribution in [0.4, 0.5) is 18.9 Å². The lowest BCUT2D eigenvalue weighted by molar-refractivity contribution is -0.137. The summed E-state index contributed by atoms with van der Waals surface area (Å²) in [5.74, 6) is 0. The standard InChI is InChI=1S/C20H21F3N4/c1-12-19(13(2)26(3)25-12)18-5-4-10-27(18)17-8-9-24-16-11-14(20(21,22)23)6-7-15(16)17/h6-9,11,18H,4-5,10H2,1-3H3. The van der Waals surface area contributed by atoms with Gasteiger partial charge in [0.25, 0.3) is 0 Å². The number of rotatable bonds is 2. The van der Waals surface area contributed by atoms with Crippen LogP contribution in [0.25, 0.3) is 10.9 Å². The molecular weight excluding hydrogens is 353 g/mol. The maximum atomic E-state index is 13.0. The van der Waals surface area contributed by atoms with Crippen molar-refractivity contribution >= 4 is 16.6 Å². The number of hydrogen-bond donors (Lipinski definition) is 0. The molecule has 3 heterocycles. The minimum atomic E-state index is -4.37. The Bertz CT molecular complexity index is 1010. The molecule has 4 rings (SSSR count). The van der Waals surface area contributed by atoms with Crippen LogP contribution in [0.2, 0.25) is 0 Å². The van der Waals surface area contributed by atoms with E-state index in [1.807, 2.05) is 24.7 Å². The maximum Gasteiger partial charge on any atom is 0.416 e. The summed E-state index contributed by atoms with van der Waals surface area (Å²) in [5, 5.41) is 5.28. The van der Waals surface area contributed by atoms with Crippen LogP contribution in [0.3, 0.4) is 0 Å². The van der Waals surface area contributed by atoms with Crippen molar-refractivity contribution in [2.75, 3.05) is 11.4 Å². The molecule has 0 N–H and O–H groups in total. The summed E-state index contributed by atoms with van der Waals surface area (Å²) in [7, 11) is 1.94. The van der Waals surface area contributed by atoms with Crippen LogP contribution in [0, 0.1) is 13.8 Å². The molecule has 0 aliphatic carbocycles. The number of alkyl halides is 3. The number of aromatic nitrogens is 3. The second kappa shape index (κ2) is 6.25. The Morgan fingerprint density at radius 1 is 1.15 bits per heavy atom. The quantitative estimate of drug-likeness (QED) is 0.637. The summed E-state index contributed by atoms with van der Waals surface area (Å²) in [6, 6.07) is 5.88. The van der Waals surface area contributed by atoms with Gasteiger partial charge in [0.1, 0.15) is 0 Å². The number of anilines is 1. The van der Waals surface area contributed by atoms with Crippen LogP contribution in [-0.2, 0) is 13.2 Å². The SMILES string of the molecule is Cc1nn(C)c(C)c1C1CCCN1c1ccnc2cc(C(F)(F)F)ccc12. The third-order valence-corrected chi connectivity index (χ3v) is 5.51. The average molecular weight is 374 g/mol. The van der Waals surface area contributed by atoms with Crippen molar-refractivity contribution < 1.29 is 13.2 Å². The molecule has 0 radical (unpaired) electrons. The van der Waals surface area contributed by atoms with Gasteiger partial charge in [-0.3, -0.25) is 9.67 Å². The number of benzene rings is 1. The first-order valence-electron chi connectivity index (χ1n) is 9.00. The highest BCUT2D eigenvalue weighted by Gasteiger charge is 2.33. The summed E-state index contributed by atoms with van der Waals surface area (Å²) in [5.41, 5.74) is 3.97. The molecule has 1 saturated heterocycles. The van der Waals surface area contributed by atoms with Gasteiger partial charge in [0.15, 0.2) is 0 Å². The van der Waals surface area contributed by atoms with Gasteiger partial charge in [0, 0.05) is 42.1 Å². The summed E-state index contributed by atoms with van der Waals surface area (Å²) in [6.45, 7) is 4.93. The lowest BCUT2D eigenvalue weighted by atomic mass is 10.0. The number of hydrogen-bond acceptors (Lipinski definition) is 3. The third kappa shape index (κ3) is 2.95. The van der Waals surface area contributed by atoms with E-state index in [2.05, 4.69) is 21.9 Å². The summed E-state index contributed by atoms with van der Waals surface area (Å²) < 4.78 is 41.0. The molecule has 142 valence electrons. The Balaban J connectivity index is 1.81. The van der Waals surface area contributed by atoms with Crippen molar-refractivity contribution in [2.24, 2.45) is 7.05 Å². The van der Waals surface area contributed by atoms with E-state index in [1.165, 1.54) is 5.56 Å². The van der Waals surface area contributed by atoms with Gasteiger partial charge in [-0.25, -0.2) is 0 Å². The van der Waals surface area contributed by atoms with Crippen molar-refractivity contribution in [3.8, 4) is 0 Å². The molecule has 1 aliphatic heterocycles. The van der Waals surface area contributed by atoms with E-state index in [9.17, 15) is 13.2 Å². The molecule has 2 aromatic heterocycles. The largest absolute Gasteiger partial charge is 0.416 e. The smallest absolute Gasteiger partial charge is 0.364 e. The van der Waals surface area contributed by atoms with Gasteiger partial charge in [0.05, 0.1) is 22.8 Å². The molecule has 1 unspecified atom stereocenters. The van der Waals surface area contributed by atoms with Crippen molar-refractivity contribution in [1.29, 1.82) is 0 Å². The number of nitrogens with zero attached hydrogens (tertiary/aromatic N) is 4. The molecule has 0 bridgehead atoms. The van der Waals surface area contributed by atoms with Gasteiger partial charge < -0.3 is 4.90 Å². The zero-order valence-corrected chi connectivity index (χ0v) is 15.5. The van der Waals surface area contributed by atoms with E-state index >= 15 is 0 Å². The van der Waals surface area contributed by atoms with E-state index < -0.39 is 11.7 Å². The van der Waals surface area contributed by atoms with Crippen LogP contribution in [-0.4, -0.2) is 21.3 Å². The number of pyridine rings is 1. The highest BCUT2D eigenvalue weighted by Crippen LogP contribution is 2.41. The maximum absolute atomic E-state index is 13.0. The Morgan fingerprint density at radius 3 is 2.59 bits per heavy atom. The Labute approximate surface area is 155 Å². The van der Waals surface area contributed by atoms with Crippen LogP contribution in [0.5, 0.6) is 0 Å². The number of halogens is 3. The van der Waals surface area contributed by atoms with Crippen LogP contribution in [0.15, 0.2) is 30.5 Å². The predicted octanol–water partition coefficient (Wildman–Crippen LogP) is 4.95. The van der Waals surface area contributed by atoms with E-state index in [0.717, 1.165) is 54.0 Å². The first-order valence-corrected chi connectivity index (χ1v) is 9.00. The summed E-state index contributed by atoms with van der Waals surface area (Å²) >= 11 is 0. The van der Waals surface area contributed by atoms with Crippen LogP contribution < -0.4 is 4.90 Å². The molecule has 4 nitrogen and oxygen atoms in total. The molecule has 0 saturated carbocycles. The monoisotopic (exact) mass is 374 g/mol. The molecule has 7 heteroatoms. The molecule has 0 spiro atoms. The third-order valence-electron chi connectivity index (χ3n) is 5.51. The van der Waals surface area contributed by atoms with E-state index in [1.54, 1.807) is 12.3 Å². The van der Waals surface area contributed by atoms with Gasteiger partial charge in [-0.1, -0.05) is 6.07 Å². The van der Waals surface area contributed by atoms with Crippen LogP contribution >= 0.6 is 0 Å². The molecule has 1 aromatic carbocycles. The lowest BCUT2D eigenvalue weighted by Gasteiger charge is -2.28. The lowest BCUT2D eigenvalue weighted by Crippen LogP contribution is -2.23. The molecule has 1 fully saturated rings. The minimum absolute atomic E-state index is 0.173. The van der Waals surface area contributed by atoms with Crippen LogP contribution in [0.1, 0.15) is 41.4 Å². The van der Waals surface area contributed by atoms with E-state index in [0.29, 0.717) is 5.52 Å². The molecule has 27 heavy (non-hydrogen) atoms.